The maximum atomic E-state index is 11.8. The van der Waals surface area contributed by atoms with Gasteiger partial charge in [0, 0.05) is 6.54 Å². The van der Waals surface area contributed by atoms with Crippen molar-refractivity contribution in [3.05, 3.63) is 10.6 Å². The number of nitrogens with one attached hydrogen (secondary N) is 2. The van der Waals surface area contributed by atoms with Crippen LogP contribution in [0, 0.1) is 0 Å². The molecule has 2 heterocycles. The summed E-state index contributed by atoms with van der Waals surface area (Å²) < 4.78 is 26.0. The first-order chi connectivity index (χ1) is 8.56. The van der Waals surface area contributed by atoms with E-state index in [-0.39, 0.29) is 11.2 Å². The van der Waals surface area contributed by atoms with Gasteiger partial charge in [0.25, 0.3) is 5.91 Å². The van der Waals surface area contributed by atoms with Gasteiger partial charge in [-0.3, -0.25) is 9.52 Å². The van der Waals surface area contributed by atoms with Crippen LogP contribution in [0.4, 0.5) is 5.13 Å². The van der Waals surface area contributed by atoms with Gasteiger partial charge in [0.15, 0.2) is 5.13 Å². The van der Waals surface area contributed by atoms with Crippen LogP contribution in [0.2, 0.25) is 0 Å². The molecule has 6 nitrogen and oxygen atoms in total. The molecule has 8 heteroatoms. The number of hydrogen-bond donors (Lipinski definition) is 2. The number of rotatable bonds is 3. The zero-order valence-corrected chi connectivity index (χ0v) is 11.2. The molecule has 1 amide bonds. The topological polar surface area (TPSA) is 88.2 Å². The van der Waals surface area contributed by atoms with Crippen molar-refractivity contribution in [3.8, 4) is 0 Å². The molecule has 1 aliphatic carbocycles. The third-order valence-electron chi connectivity index (χ3n) is 2.97. The zero-order chi connectivity index (χ0) is 12.8. The lowest BCUT2D eigenvalue weighted by atomic mass is 10.2. The molecule has 3 rings (SSSR count). The average Bonchev–Trinajstić information content (AvgIpc) is 3.09. The Hall–Kier alpha value is -1.15. The third kappa shape index (κ3) is 2.22. The maximum absolute atomic E-state index is 11.8. The number of carbonyl (C=O) groups is 1. The van der Waals surface area contributed by atoms with E-state index in [4.69, 9.17) is 0 Å². The van der Waals surface area contributed by atoms with Gasteiger partial charge in [-0.25, -0.2) is 13.4 Å². The molecule has 0 radical (unpaired) electrons. The van der Waals surface area contributed by atoms with Crippen molar-refractivity contribution in [2.24, 2.45) is 0 Å². The predicted molar refractivity (Wildman–Crippen MR) is 68.3 cm³/mol. The fourth-order valence-corrected chi connectivity index (χ4v) is 4.37. The number of aromatic nitrogens is 1. The predicted octanol–water partition coefficient (Wildman–Crippen LogP) is 0.723. The molecule has 1 saturated carbocycles. The number of carbonyl (C=O) groups excluding carboxylic acids is 1. The zero-order valence-electron chi connectivity index (χ0n) is 9.60. The van der Waals surface area contributed by atoms with Gasteiger partial charge in [0.05, 0.1) is 10.9 Å². The second-order valence-corrected chi connectivity index (χ2v) is 7.46. The normalized spacial score (nSPS) is 19.9. The van der Waals surface area contributed by atoms with E-state index in [0.717, 1.165) is 17.8 Å². The van der Waals surface area contributed by atoms with Crippen LogP contribution in [0.25, 0.3) is 0 Å². The molecular weight excluding hydrogens is 274 g/mol. The van der Waals surface area contributed by atoms with Crippen molar-refractivity contribution in [1.29, 1.82) is 0 Å². The lowest BCUT2D eigenvalue weighted by Crippen LogP contribution is -2.21. The highest BCUT2D eigenvalue weighted by atomic mass is 32.2. The van der Waals surface area contributed by atoms with Crippen LogP contribution in [0.15, 0.2) is 0 Å². The van der Waals surface area contributed by atoms with E-state index in [1.165, 1.54) is 0 Å². The van der Waals surface area contributed by atoms with Crippen LogP contribution < -0.4 is 10.0 Å². The van der Waals surface area contributed by atoms with Crippen LogP contribution in [-0.2, 0) is 16.4 Å². The minimum absolute atomic E-state index is 0.156. The SMILES string of the molecule is O=C1NCCCc2nc(NS(=O)(=O)C3CC3)sc21. The Balaban J connectivity index is 1.86. The second-order valence-electron chi connectivity index (χ2n) is 4.50. The van der Waals surface area contributed by atoms with E-state index in [1.807, 2.05) is 0 Å². The largest absolute Gasteiger partial charge is 0.351 e. The quantitative estimate of drug-likeness (QED) is 0.857. The summed E-state index contributed by atoms with van der Waals surface area (Å²) >= 11 is 1.12. The van der Waals surface area contributed by atoms with E-state index < -0.39 is 10.0 Å². The molecule has 1 fully saturated rings. The summed E-state index contributed by atoms with van der Waals surface area (Å²) in [6, 6.07) is 0. The Kier molecular flexibility index (Phi) is 2.78. The summed E-state index contributed by atoms with van der Waals surface area (Å²) in [7, 11) is -3.30. The molecule has 0 bridgehead atoms. The molecule has 0 atom stereocenters. The van der Waals surface area contributed by atoms with Crippen LogP contribution >= 0.6 is 11.3 Å². The van der Waals surface area contributed by atoms with E-state index in [0.29, 0.717) is 41.5 Å². The molecule has 0 spiro atoms. The molecule has 2 N–H and O–H groups in total. The van der Waals surface area contributed by atoms with Crippen molar-refractivity contribution < 1.29 is 13.2 Å². The summed E-state index contributed by atoms with van der Waals surface area (Å²) in [5.74, 6) is -0.156. The highest BCUT2D eigenvalue weighted by Crippen LogP contribution is 2.32. The Labute approximate surface area is 109 Å². The van der Waals surface area contributed by atoms with Crippen molar-refractivity contribution in [2.45, 2.75) is 30.9 Å². The molecule has 0 unspecified atom stereocenters. The fraction of sp³-hybridized carbons (Fsp3) is 0.600. The lowest BCUT2D eigenvalue weighted by molar-refractivity contribution is 0.0960. The number of hydrogen-bond acceptors (Lipinski definition) is 5. The smallest absolute Gasteiger partial charge is 0.263 e. The van der Waals surface area contributed by atoms with Crippen LogP contribution in [0.1, 0.15) is 34.6 Å². The number of amides is 1. The van der Waals surface area contributed by atoms with Crippen molar-refractivity contribution in [2.75, 3.05) is 11.3 Å². The highest BCUT2D eigenvalue weighted by Gasteiger charge is 2.36. The number of aryl methyl sites for hydroxylation is 1. The first kappa shape index (κ1) is 11.9. The monoisotopic (exact) mass is 287 g/mol. The van der Waals surface area contributed by atoms with Gasteiger partial charge >= 0.3 is 0 Å². The first-order valence-electron chi connectivity index (χ1n) is 5.86. The maximum Gasteiger partial charge on any atom is 0.263 e. The van der Waals surface area contributed by atoms with Crippen molar-refractivity contribution >= 4 is 32.4 Å². The van der Waals surface area contributed by atoms with E-state index in [2.05, 4.69) is 15.0 Å². The number of sulfonamides is 1. The number of thiazole rings is 1. The van der Waals surface area contributed by atoms with Crippen LogP contribution in [0.5, 0.6) is 0 Å². The third-order valence-corrected chi connectivity index (χ3v) is 5.94. The molecule has 0 aromatic carbocycles. The Morgan fingerprint density at radius 3 is 2.89 bits per heavy atom. The van der Waals surface area contributed by atoms with Gasteiger partial charge in [0.1, 0.15) is 4.88 Å². The molecule has 1 aromatic rings. The molecule has 98 valence electrons. The summed E-state index contributed by atoms with van der Waals surface area (Å²) in [5.41, 5.74) is 0.698. The summed E-state index contributed by atoms with van der Waals surface area (Å²) in [4.78, 5) is 16.5. The Morgan fingerprint density at radius 1 is 1.39 bits per heavy atom. The lowest BCUT2D eigenvalue weighted by Gasteiger charge is -2.02. The molecular formula is C10H13N3O3S2. The van der Waals surface area contributed by atoms with Gasteiger partial charge < -0.3 is 5.32 Å². The van der Waals surface area contributed by atoms with Gasteiger partial charge in [-0.1, -0.05) is 11.3 Å². The van der Waals surface area contributed by atoms with Gasteiger partial charge in [-0.2, -0.15) is 0 Å². The standard InChI is InChI=1S/C10H13N3O3S2/c14-9-8-7(2-1-5-11-9)12-10(17-8)13-18(15,16)6-3-4-6/h6H,1-5H2,(H,11,14)(H,12,13). The highest BCUT2D eigenvalue weighted by molar-refractivity contribution is 7.93. The van der Waals surface area contributed by atoms with Crippen molar-refractivity contribution in [1.82, 2.24) is 10.3 Å². The van der Waals surface area contributed by atoms with Gasteiger partial charge in [0.2, 0.25) is 10.0 Å². The molecule has 18 heavy (non-hydrogen) atoms. The minimum Gasteiger partial charge on any atom is -0.351 e. The Bertz CT molecular complexity index is 590. The van der Waals surface area contributed by atoms with Gasteiger partial charge in [-0.05, 0) is 25.7 Å². The number of nitrogens with zero attached hydrogens (tertiary/aromatic N) is 1. The summed E-state index contributed by atoms with van der Waals surface area (Å²) in [6.45, 7) is 0.644. The number of anilines is 1. The van der Waals surface area contributed by atoms with Crippen LogP contribution in [0.3, 0.4) is 0 Å². The fourth-order valence-electron chi connectivity index (χ4n) is 1.86. The number of fused-ring (bicyclic) bond motifs is 1. The average molecular weight is 287 g/mol. The molecule has 1 aromatic heterocycles. The molecule has 1 aliphatic heterocycles. The van der Waals surface area contributed by atoms with Crippen LogP contribution in [-0.4, -0.2) is 31.1 Å². The molecule has 2 aliphatic rings. The summed E-state index contributed by atoms with van der Waals surface area (Å²) in [5, 5.41) is 2.79. The second kappa shape index (κ2) is 4.20. The van der Waals surface area contributed by atoms with Crippen molar-refractivity contribution in [3.63, 3.8) is 0 Å². The minimum atomic E-state index is -3.30. The Morgan fingerprint density at radius 2 is 2.17 bits per heavy atom. The van der Waals surface area contributed by atoms with E-state index >= 15 is 0 Å². The van der Waals surface area contributed by atoms with E-state index in [9.17, 15) is 13.2 Å². The first-order valence-corrected chi connectivity index (χ1v) is 8.22. The summed E-state index contributed by atoms with van der Waals surface area (Å²) in [6.07, 6.45) is 2.95. The van der Waals surface area contributed by atoms with Gasteiger partial charge in [-0.15, -0.1) is 0 Å². The van der Waals surface area contributed by atoms with E-state index in [1.54, 1.807) is 0 Å². The molecule has 0 saturated heterocycles.